The number of amides is 1. The number of aromatic amines is 1. The van der Waals surface area contributed by atoms with E-state index < -0.39 is 17.6 Å². The molecule has 0 atom stereocenters. The minimum Gasteiger partial charge on any atom is -0.306 e. The van der Waals surface area contributed by atoms with Crippen LogP contribution in [0.5, 0.6) is 0 Å². The maximum atomic E-state index is 13.5. The molecule has 1 amide bonds. The summed E-state index contributed by atoms with van der Waals surface area (Å²) >= 11 is 1.41. The van der Waals surface area contributed by atoms with Gasteiger partial charge in [-0.3, -0.25) is 14.3 Å². The molecular formula is C22H14F3N5OS. The minimum atomic E-state index is -4.59. The number of H-pyrrole nitrogens is 1. The second-order valence-electron chi connectivity index (χ2n) is 6.90. The first-order chi connectivity index (χ1) is 15.4. The first-order valence-electron chi connectivity index (χ1n) is 9.45. The van der Waals surface area contributed by atoms with E-state index in [1.165, 1.54) is 29.7 Å². The van der Waals surface area contributed by atoms with Crippen molar-refractivity contribution in [1.29, 1.82) is 0 Å². The van der Waals surface area contributed by atoms with Gasteiger partial charge in [0.25, 0.3) is 5.91 Å². The van der Waals surface area contributed by atoms with Crippen molar-refractivity contribution >= 4 is 28.0 Å². The maximum Gasteiger partial charge on any atom is 0.417 e. The third-order valence-electron chi connectivity index (χ3n) is 4.91. The molecule has 0 unspecified atom stereocenters. The lowest BCUT2D eigenvalue weighted by Gasteiger charge is -2.13. The van der Waals surface area contributed by atoms with Crippen LogP contribution in [0, 0.1) is 0 Å². The molecule has 6 nitrogen and oxygen atoms in total. The lowest BCUT2D eigenvalue weighted by atomic mass is 10.0. The number of rotatable bonds is 4. The molecule has 0 spiro atoms. The Balaban J connectivity index is 1.56. The quantitative estimate of drug-likeness (QED) is 0.365. The summed E-state index contributed by atoms with van der Waals surface area (Å²) in [6, 6.07) is 14.0. The zero-order chi connectivity index (χ0) is 22.3. The van der Waals surface area contributed by atoms with Gasteiger partial charge in [0, 0.05) is 34.5 Å². The van der Waals surface area contributed by atoms with Crippen molar-refractivity contribution in [2.24, 2.45) is 0 Å². The summed E-state index contributed by atoms with van der Waals surface area (Å²) in [5.74, 6) is -0.112. The minimum absolute atomic E-state index is 0.0696. The number of carbonyl (C=O) groups is 1. The molecule has 0 radical (unpaired) electrons. The number of benzene rings is 2. The normalized spacial score (nSPS) is 11.7. The summed E-state index contributed by atoms with van der Waals surface area (Å²) in [6.07, 6.45) is -1.39. The van der Waals surface area contributed by atoms with Crippen LogP contribution in [0.4, 0.5) is 19.0 Å². The van der Waals surface area contributed by atoms with Crippen LogP contribution in [0.3, 0.4) is 0 Å². The predicted octanol–water partition coefficient (Wildman–Crippen LogP) is 5.72. The molecule has 0 fully saturated rings. The number of nitrogens with one attached hydrogen (secondary N) is 2. The molecule has 32 heavy (non-hydrogen) atoms. The Bertz CT molecular complexity index is 1400. The highest BCUT2D eigenvalue weighted by molar-refractivity contribution is 7.15. The Labute approximate surface area is 183 Å². The van der Waals surface area contributed by atoms with Crippen LogP contribution < -0.4 is 5.32 Å². The van der Waals surface area contributed by atoms with Crippen molar-refractivity contribution in [3.05, 3.63) is 83.5 Å². The van der Waals surface area contributed by atoms with Gasteiger partial charge in [0.2, 0.25) is 0 Å². The number of halogens is 3. The van der Waals surface area contributed by atoms with Crippen molar-refractivity contribution in [3.63, 3.8) is 0 Å². The lowest BCUT2D eigenvalue weighted by molar-refractivity contribution is -0.137. The van der Waals surface area contributed by atoms with Gasteiger partial charge >= 0.3 is 6.18 Å². The molecule has 0 bridgehead atoms. The van der Waals surface area contributed by atoms with Gasteiger partial charge < -0.3 is 5.32 Å². The van der Waals surface area contributed by atoms with Crippen molar-refractivity contribution in [2.45, 2.75) is 6.18 Å². The number of carbonyl (C=O) groups excluding carboxylic acids is 1. The summed E-state index contributed by atoms with van der Waals surface area (Å²) in [7, 11) is 0. The molecule has 0 saturated carbocycles. The van der Waals surface area contributed by atoms with Crippen LogP contribution in [-0.2, 0) is 6.18 Å². The second kappa shape index (κ2) is 7.65. The maximum absolute atomic E-state index is 13.5. The molecule has 2 aromatic carbocycles. The summed E-state index contributed by atoms with van der Waals surface area (Å²) < 4.78 is 42.3. The average Bonchev–Trinajstić information content (AvgIpc) is 3.52. The van der Waals surface area contributed by atoms with Gasteiger partial charge in [-0.05, 0) is 24.3 Å². The summed E-state index contributed by atoms with van der Waals surface area (Å²) in [6.45, 7) is 0. The average molecular weight is 453 g/mol. The molecule has 10 heteroatoms. The topological polar surface area (TPSA) is 75.1 Å². The van der Waals surface area contributed by atoms with Crippen molar-refractivity contribution in [1.82, 2.24) is 19.6 Å². The lowest BCUT2D eigenvalue weighted by Crippen LogP contribution is -2.15. The summed E-state index contributed by atoms with van der Waals surface area (Å²) in [4.78, 5) is 18.4. The van der Waals surface area contributed by atoms with E-state index in [-0.39, 0.29) is 16.8 Å². The van der Waals surface area contributed by atoms with Gasteiger partial charge in [-0.25, -0.2) is 4.98 Å². The first kappa shape index (κ1) is 20.0. The zero-order valence-corrected chi connectivity index (χ0v) is 17.0. The van der Waals surface area contributed by atoms with Crippen molar-refractivity contribution < 1.29 is 18.0 Å². The fourth-order valence-corrected chi connectivity index (χ4v) is 4.15. The molecule has 3 aromatic heterocycles. The van der Waals surface area contributed by atoms with E-state index in [0.717, 1.165) is 17.7 Å². The Kier molecular flexibility index (Phi) is 4.78. The summed E-state index contributed by atoms with van der Waals surface area (Å²) in [5, 5.41) is 11.0. The number of thiazole rings is 1. The van der Waals surface area contributed by atoms with Crippen LogP contribution in [0.25, 0.3) is 27.5 Å². The Hall–Kier alpha value is -3.92. The van der Waals surface area contributed by atoms with Gasteiger partial charge in [-0.1, -0.05) is 30.3 Å². The van der Waals surface area contributed by atoms with Gasteiger partial charge in [-0.2, -0.15) is 18.3 Å². The monoisotopic (exact) mass is 453 g/mol. The highest BCUT2D eigenvalue weighted by Gasteiger charge is 2.34. The Morgan fingerprint density at radius 3 is 2.62 bits per heavy atom. The molecule has 2 N–H and O–H groups in total. The van der Waals surface area contributed by atoms with Crippen LogP contribution in [0.2, 0.25) is 0 Å². The molecule has 5 rings (SSSR count). The van der Waals surface area contributed by atoms with Crippen LogP contribution in [-0.4, -0.2) is 25.5 Å². The van der Waals surface area contributed by atoms with E-state index in [4.69, 9.17) is 0 Å². The van der Waals surface area contributed by atoms with E-state index in [1.807, 2.05) is 35.7 Å². The van der Waals surface area contributed by atoms with E-state index in [1.54, 1.807) is 10.6 Å². The van der Waals surface area contributed by atoms with Gasteiger partial charge in [0.05, 0.1) is 11.3 Å². The predicted molar refractivity (Wildman–Crippen MR) is 115 cm³/mol. The number of hydrogen-bond acceptors (Lipinski definition) is 4. The molecular weight excluding hydrogens is 439 g/mol. The molecule has 160 valence electrons. The Morgan fingerprint density at radius 2 is 1.91 bits per heavy atom. The van der Waals surface area contributed by atoms with Gasteiger partial charge in [0.1, 0.15) is 11.5 Å². The second-order valence-corrected chi connectivity index (χ2v) is 7.78. The SMILES string of the molecule is O=C(Nc1c(-c2ccccc2)nc2sccn12)c1ccc(C(F)(F)F)c(-c2cc[nH]n2)c1. The number of fused-ring (bicyclic) bond motifs is 1. The third-order valence-corrected chi connectivity index (χ3v) is 5.66. The standard InChI is InChI=1S/C22H14F3N5OS/c23-22(24,25)16-7-6-14(12-15(16)17-8-9-26-29-17)20(31)28-19-18(13-4-2-1-3-5-13)27-21-30(19)10-11-32-21/h1-12H,(H,26,29)(H,28,31). The van der Waals surface area contributed by atoms with Gasteiger partial charge in [0.15, 0.2) is 4.96 Å². The smallest absolute Gasteiger partial charge is 0.306 e. The number of imidazole rings is 1. The Morgan fingerprint density at radius 1 is 1.09 bits per heavy atom. The van der Waals surface area contributed by atoms with E-state index >= 15 is 0 Å². The van der Waals surface area contributed by atoms with E-state index in [2.05, 4.69) is 20.5 Å². The van der Waals surface area contributed by atoms with Crippen LogP contribution in [0.1, 0.15) is 15.9 Å². The van der Waals surface area contributed by atoms with Gasteiger partial charge in [-0.15, -0.1) is 11.3 Å². The summed E-state index contributed by atoms with van der Waals surface area (Å²) in [5.41, 5.74) is 0.509. The van der Waals surface area contributed by atoms with Crippen LogP contribution in [0.15, 0.2) is 72.4 Å². The number of aromatic nitrogens is 4. The number of alkyl halides is 3. The molecule has 0 aliphatic heterocycles. The molecule has 0 aliphatic rings. The molecule has 0 saturated heterocycles. The molecule has 3 heterocycles. The largest absolute Gasteiger partial charge is 0.417 e. The third kappa shape index (κ3) is 3.54. The van der Waals surface area contributed by atoms with E-state index in [0.29, 0.717) is 16.5 Å². The molecule has 5 aromatic rings. The zero-order valence-electron chi connectivity index (χ0n) is 16.2. The van der Waals surface area contributed by atoms with Crippen molar-refractivity contribution in [3.8, 4) is 22.5 Å². The highest BCUT2D eigenvalue weighted by atomic mass is 32.1. The highest BCUT2D eigenvalue weighted by Crippen LogP contribution is 2.37. The number of hydrogen-bond donors (Lipinski definition) is 2. The van der Waals surface area contributed by atoms with Crippen LogP contribution >= 0.6 is 11.3 Å². The van der Waals surface area contributed by atoms with Crippen molar-refractivity contribution in [2.75, 3.05) is 5.32 Å². The number of anilines is 1. The fourth-order valence-electron chi connectivity index (χ4n) is 3.44. The fraction of sp³-hybridized carbons (Fsp3) is 0.0455. The number of nitrogens with zero attached hydrogens (tertiary/aromatic N) is 3. The van der Waals surface area contributed by atoms with E-state index in [9.17, 15) is 18.0 Å². The molecule has 0 aliphatic carbocycles. The first-order valence-corrected chi connectivity index (χ1v) is 10.3.